The molecule has 2 aromatic carbocycles. The predicted octanol–water partition coefficient (Wildman–Crippen LogP) is 5.44. The van der Waals surface area contributed by atoms with Gasteiger partial charge in [0.2, 0.25) is 0 Å². The molecule has 180 valence electrons. The predicted molar refractivity (Wildman–Crippen MR) is 128 cm³/mol. The third-order valence-electron chi connectivity index (χ3n) is 4.06. The number of azide groups is 1. The lowest BCUT2D eigenvalue weighted by Crippen LogP contribution is -2.37. The van der Waals surface area contributed by atoms with E-state index < -0.39 is 11.7 Å². The van der Waals surface area contributed by atoms with E-state index in [1.165, 1.54) is 0 Å². The number of ether oxygens (including phenoxy) is 2. The molecule has 0 atom stereocenters. The van der Waals surface area contributed by atoms with Crippen LogP contribution in [0.4, 0.5) is 16.2 Å². The van der Waals surface area contributed by atoms with Gasteiger partial charge in [0.15, 0.2) is 0 Å². The van der Waals surface area contributed by atoms with Crippen LogP contribution in [0.1, 0.15) is 37.6 Å². The molecule has 11 heteroatoms. The van der Waals surface area contributed by atoms with Crippen molar-refractivity contribution in [3.05, 3.63) is 64.5 Å². The molecule has 0 aliphatic carbocycles. The number of hydrogen-bond acceptors (Lipinski definition) is 7. The van der Waals surface area contributed by atoms with Gasteiger partial charge in [0.05, 0.1) is 18.0 Å². The number of alkyl carbamates (subject to hydrolysis) is 1. The lowest BCUT2D eigenvalue weighted by atomic mass is 10.2. The fraction of sp³-hybridized carbons (Fsp3) is 0.391. The maximum atomic E-state index is 12.2. The van der Waals surface area contributed by atoms with Crippen LogP contribution in [0.3, 0.4) is 0 Å². The summed E-state index contributed by atoms with van der Waals surface area (Å²) < 4.78 is 10.7. The molecule has 0 aromatic heterocycles. The molecule has 2 N–H and O–H groups in total. The van der Waals surface area contributed by atoms with E-state index in [4.69, 9.17) is 15.0 Å². The highest BCUT2D eigenvalue weighted by Crippen LogP contribution is 2.21. The number of carbonyl (C=O) groups is 2. The third-order valence-corrected chi connectivity index (χ3v) is 4.06. The van der Waals surface area contributed by atoms with Crippen LogP contribution < -0.4 is 15.4 Å². The largest absolute Gasteiger partial charge is 0.494 e. The molecule has 11 nitrogen and oxygen atoms in total. The first-order valence-corrected chi connectivity index (χ1v) is 10.8. The van der Waals surface area contributed by atoms with Gasteiger partial charge >= 0.3 is 6.09 Å². The number of benzene rings is 2. The summed E-state index contributed by atoms with van der Waals surface area (Å²) in [6.07, 6.45) is 0.114. The van der Waals surface area contributed by atoms with Crippen LogP contribution in [0, 0.1) is 0 Å². The number of rotatable bonds is 11. The minimum absolute atomic E-state index is 0.256. The van der Waals surface area contributed by atoms with Crippen LogP contribution in [0.25, 0.3) is 10.4 Å². The molecule has 0 spiro atoms. The fourth-order valence-corrected chi connectivity index (χ4v) is 2.53. The summed E-state index contributed by atoms with van der Waals surface area (Å²) in [4.78, 5) is 26.5. The highest BCUT2D eigenvalue weighted by atomic mass is 16.6. The van der Waals surface area contributed by atoms with Crippen LogP contribution >= 0.6 is 0 Å². The zero-order valence-electron chi connectivity index (χ0n) is 19.5. The van der Waals surface area contributed by atoms with Crippen molar-refractivity contribution in [3.8, 4) is 5.75 Å². The summed E-state index contributed by atoms with van der Waals surface area (Å²) in [5.74, 6) is 0.432. The molecule has 0 radical (unpaired) electrons. The van der Waals surface area contributed by atoms with Gasteiger partial charge in [0.25, 0.3) is 5.91 Å². The van der Waals surface area contributed by atoms with Crippen LogP contribution in [0.15, 0.2) is 63.9 Å². The van der Waals surface area contributed by atoms with Gasteiger partial charge in [-0.15, -0.1) is 0 Å². The van der Waals surface area contributed by atoms with E-state index in [0.717, 1.165) is 0 Å². The Morgan fingerprint density at radius 1 is 0.941 bits per heavy atom. The average Bonchev–Trinajstić information content (AvgIpc) is 2.80. The van der Waals surface area contributed by atoms with E-state index in [2.05, 4.69) is 30.9 Å². The lowest BCUT2D eigenvalue weighted by Gasteiger charge is -2.19. The maximum Gasteiger partial charge on any atom is 0.407 e. The molecule has 2 rings (SSSR count). The average molecular weight is 468 g/mol. The normalized spacial score (nSPS) is 10.9. The van der Waals surface area contributed by atoms with Crippen molar-refractivity contribution in [1.82, 2.24) is 10.6 Å². The van der Waals surface area contributed by atoms with E-state index in [0.29, 0.717) is 42.3 Å². The first-order valence-electron chi connectivity index (χ1n) is 10.8. The highest BCUT2D eigenvalue weighted by Gasteiger charge is 2.15. The van der Waals surface area contributed by atoms with E-state index in [9.17, 15) is 9.59 Å². The smallest absolute Gasteiger partial charge is 0.407 e. The number of carbonyl (C=O) groups excluding carboxylic acids is 2. The molecule has 0 unspecified atom stereocenters. The third kappa shape index (κ3) is 10.5. The number of hydrogen-bond donors (Lipinski definition) is 2. The summed E-state index contributed by atoms with van der Waals surface area (Å²) in [5.41, 5.74) is 9.38. The first kappa shape index (κ1) is 26.1. The summed E-state index contributed by atoms with van der Waals surface area (Å²) in [6.45, 7) is 6.72. The van der Waals surface area contributed by atoms with Gasteiger partial charge in [-0.3, -0.25) is 4.79 Å². The topological polar surface area (TPSA) is 150 Å². The van der Waals surface area contributed by atoms with Crippen molar-refractivity contribution in [2.75, 3.05) is 26.2 Å². The molecule has 34 heavy (non-hydrogen) atoms. The molecule has 0 saturated heterocycles. The second-order valence-corrected chi connectivity index (χ2v) is 8.08. The van der Waals surface area contributed by atoms with E-state index in [1.54, 1.807) is 69.3 Å². The first-order chi connectivity index (χ1) is 16.3. The van der Waals surface area contributed by atoms with Crippen LogP contribution in [-0.4, -0.2) is 43.8 Å². The van der Waals surface area contributed by atoms with Crippen molar-refractivity contribution < 1.29 is 19.1 Å². The summed E-state index contributed by atoms with van der Waals surface area (Å²) in [7, 11) is 0. The quantitative estimate of drug-likeness (QED) is 0.196. The molecule has 0 aliphatic heterocycles. The molecule has 0 fully saturated rings. The van der Waals surface area contributed by atoms with Crippen LogP contribution in [-0.2, 0) is 4.74 Å². The molecule has 0 saturated carbocycles. The van der Waals surface area contributed by atoms with Gasteiger partial charge < -0.3 is 20.1 Å². The second-order valence-electron chi connectivity index (χ2n) is 8.08. The number of azo groups is 1. The molecule has 2 aromatic rings. The number of amides is 2. The molecule has 0 heterocycles. The van der Waals surface area contributed by atoms with Crippen molar-refractivity contribution >= 4 is 23.4 Å². The Labute approximate surface area is 198 Å². The van der Waals surface area contributed by atoms with Crippen molar-refractivity contribution in [2.24, 2.45) is 15.3 Å². The Morgan fingerprint density at radius 3 is 2.12 bits per heavy atom. The van der Waals surface area contributed by atoms with Gasteiger partial charge in [-0.25, -0.2) is 4.79 Å². The highest BCUT2D eigenvalue weighted by molar-refractivity contribution is 5.94. The van der Waals surface area contributed by atoms with E-state index in [-0.39, 0.29) is 19.0 Å². The summed E-state index contributed by atoms with van der Waals surface area (Å²) in [5, 5.41) is 17.1. The summed E-state index contributed by atoms with van der Waals surface area (Å²) in [6, 6.07) is 13.8. The van der Waals surface area contributed by atoms with Crippen molar-refractivity contribution in [1.29, 1.82) is 0 Å². The Hall–Kier alpha value is -4.11. The van der Waals surface area contributed by atoms with Crippen LogP contribution in [0.2, 0.25) is 0 Å². The Balaban J connectivity index is 1.75. The lowest BCUT2D eigenvalue weighted by molar-refractivity contribution is 0.0526. The zero-order chi connectivity index (χ0) is 24.8. The molecule has 2 amide bonds. The van der Waals surface area contributed by atoms with Gasteiger partial charge in [-0.2, -0.15) is 10.2 Å². The molecular weight excluding hydrogens is 438 g/mol. The fourth-order valence-electron chi connectivity index (χ4n) is 2.53. The number of nitrogens with zero attached hydrogens (tertiary/aromatic N) is 5. The van der Waals surface area contributed by atoms with Gasteiger partial charge in [0.1, 0.15) is 11.4 Å². The van der Waals surface area contributed by atoms with Crippen molar-refractivity contribution in [3.63, 3.8) is 0 Å². The Morgan fingerprint density at radius 2 is 1.53 bits per heavy atom. The minimum Gasteiger partial charge on any atom is -0.494 e. The second kappa shape index (κ2) is 13.4. The van der Waals surface area contributed by atoms with Gasteiger partial charge in [-0.05, 0) is 81.3 Å². The Bertz CT molecular complexity index is 1010. The van der Waals surface area contributed by atoms with E-state index in [1.807, 2.05) is 0 Å². The molecule has 0 aliphatic rings. The van der Waals surface area contributed by atoms with Crippen LogP contribution in [0.5, 0.6) is 5.75 Å². The molecular formula is C23H29N7O4. The maximum absolute atomic E-state index is 12.2. The Kier molecular flexibility index (Phi) is 10.3. The molecule has 0 bridgehead atoms. The number of nitrogens with one attached hydrogen (secondary N) is 2. The minimum atomic E-state index is -0.570. The standard InChI is InChI=1S/C23H29N7O4/c1-23(2,3)34-22(32)26-15-14-25-21(31)17-5-7-18(8-6-17)28-29-19-9-11-20(12-10-19)33-16-4-13-27-30-24/h5-12H,4,13-16H2,1-3H3,(H,25,31)(H,26,32). The monoisotopic (exact) mass is 467 g/mol. The van der Waals surface area contributed by atoms with Crippen molar-refractivity contribution in [2.45, 2.75) is 32.8 Å². The van der Waals surface area contributed by atoms with E-state index >= 15 is 0 Å². The summed E-state index contributed by atoms with van der Waals surface area (Å²) >= 11 is 0. The van der Waals surface area contributed by atoms with Gasteiger partial charge in [0, 0.05) is 30.1 Å². The van der Waals surface area contributed by atoms with Gasteiger partial charge in [-0.1, -0.05) is 5.11 Å². The zero-order valence-corrected chi connectivity index (χ0v) is 19.5. The SMILES string of the molecule is CC(C)(C)OC(=O)NCCNC(=O)c1ccc(N=Nc2ccc(OCCCN=[N+]=[N-])cc2)cc1.